The van der Waals surface area contributed by atoms with Crippen molar-refractivity contribution >= 4 is 22.8 Å². The van der Waals surface area contributed by atoms with Crippen LogP contribution in [0.2, 0.25) is 0 Å². The van der Waals surface area contributed by atoms with Crippen molar-refractivity contribution in [2.75, 3.05) is 67.0 Å². The molecule has 200 valence electrons. The molecule has 0 aromatic heterocycles. The van der Waals surface area contributed by atoms with Crippen molar-refractivity contribution in [3.05, 3.63) is 35.5 Å². The van der Waals surface area contributed by atoms with Crippen LogP contribution in [0.5, 0.6) is 5.75 Å². The summed E-state index contributed by atoms with van der Waals surface area (Å²) in [6.45, 7) is 13.0. The minimum atomic E-state index is -1.45. The Morgan fingerprint density at radius 3 is 2.28 bits per heavy atom. The van der Waals surface area contributed by atoms with Gasteiger partial charge in [0.05, 0.1) is 24.2 Å². The van der Waals surface area contributed by atoms with Gasteiger partial charge >= 0.3 is 11.8 Å². The second-order valence-corrected chi connectivity index (χ2v) is 11.1. The van der Waals surface area contributed by atoms with Crippen molar-refractivity contribution in [1.82, 2.24) is 19.0 Å². The molecule has 3 rings (SSSR count). The molecular weight excluding hydrogens is 480 g/mol. The van der Waals surface area contributed by atoms with Gasteiger partial charge in [0.2, 0.25) is 0 Å². The fourth-order valence-corrected chi connectivity index (χ4v) is 6.11. The Morgan fingerprint density at radius 2 is 1.75 bits per heavy atom. The first-order valence-corrected chi connectivity index (χ1v) is 13.4. The Morgan fingerprint density at radius 1 is 1.17 bits per heavy atom. The maximum atomic E-state index is 13.2. The van der Waals surface area contributed by atoms with E-state index in [1.807, 2.05) is 26.0 Å². The maximum Gasteiger partial charge on any atom is 0.311 e. The normalized spacial score (nSPS) is 19.4. The third kappa shape index (κ3) is 6.92. The predicted octanol–water partition coefficient (Wildman–Crippen LogP) is 1.31. The highest BCUT2D eigenvalue weighted by atomic mass is 32.2. The van der Waals surface area contributed by atoms with Gasteiger partial charge in [-0.2, -0.15) is 5.90 Å². The van der Waals surface area contributed by atoms with Crippen LogP contribution in [0.1, 0.15) is 24.0 Å². The molecule has 0 bridgehead atoms. The summed E-state index contributed by atoms with van der Waals surface area (Å²) >= 11 is 0. The van der Waals surface area contributed by atoms with E-state index in [2.05, 4.69) is 28.4 Å². The number of hydrogen-bond acceptors (Lipinski definition) is 8. The van der Waals surface area contributed by atoms with E-state index < -0.39 is 11.0 Å². The highest BCUT2D eigenvalue weighted by molar-refractivity contribution is 7.82. The van der Waals surface area contributed by atoms with Crippen LogP contribution in [0.3, 0.4) is 0 Å². The van der Waals surface area contributed by atoms with E-state index in [0.717, 1.165) is 55.9 Å². The third-order valence-electron chi connectivity index (χ3n) is 6.89. The molecule has 1 aromatic carbocycles. The van der Waals surface area contributed by atoms with E-state index in [1.54, 1.807) is 23.4 Å². The molecule has 11 heteroatoms. The van der Waals surface area contributed by atoms with E-state index in [1.165, 1.54) is 0 Å². The third-order valence-corrected chi connectivity index (χ3v) is 8.58. The van der Waals surface area contributed by atoms with Crippen LogP contribution in [0, 0.1) is 13.8 Å². The number of nitrogens with two attached hydrogens (primary N) is 1. The highest BCUT2D eigenvalue weighted by Crippen LogP contribution is 2.26. The molecule has 2 heterocycles. The first-order chi connectivity index (χ1) is 17.1. The van der Waals surface area contributed by atoms with Crippen LogP contribution < -0.4 is 10.6 Å². The van der Waals surface area contributed by atoms with Crippen LogP contribution in [-0.2, 0) is 20.6 Å². The average molecular weight is 521 g/mol. The van der Waals surface area contributed by atoms with Crippen molar-refractivity contribution in [2.24, 2.45) is 10.9 Å². The summed E-state index contributed by atoms with van der Waals surface area (Å²) in [5, 5.41) is 0. The smallest absolute Gasteiger partial charge is 0.311 e. The van der Waals surface area contributed by atoms with Crippen molar-refractivity contribution < 1.29 is 18.6 Å². The number of rotatable bonds is 7. The number of nitrogens with zero attached hydrogens (tertiary/aromatic N) is 5. The van der Waals surface area contributed by atoms with Crippen LogP contribution in [-0.4, -0.2) is 108 Å². The lowest BCUT2D eigenvalue weighted by Crippen LogP contribution is -2.55. The molecule has 1 amide bonds. The summed E-state index contributed by atoms with van der Waals surface area (Å²) in [5.41, 5.74) is 2.06. The first-order valence-electron chi connectivity index (χ1n) is 12.3. The standard InChI is InChI=1S/C25H40N6O4S/c1-18-15-22(34-6)16-19(2)23(18)36(33)29(5)17-20(3)27-24(35-26)25(32)31-13-11-30(12-14-31)21-7-9-28(4)10-8-21/h15-16,21H,3,7-14,17,26H2,1-2,4-6H3. The molecule has 2 aliphatic rings. The van der Waals surface area contributed by atoms with Gasteiger partial charge in [0.25, 0.3) is 0 Å². The van der Waals surface area contributed by atoms with E-state index in [9.17, 15) is 9.00 Å². The molecule has 0 aliphatic carbocycles. The number of aryl methyl sites for hydroxylation is 2. The second kappa shape index (κ2) is 12.8. The lowest BCUT2D eigenvalue weighted by molar-refractivity contribution is -0.127. The van der Waals surface area contributed by atoms with Gasteiger partial charge in [-0.3, -0.25) is 9.69 Å². The molecule has 1 atom stereocenters. The van der Waals surface area contributed by atoms with Gasteiger partial charge < -0.3 is 19.4 Å². The molecule has 10 nitrogen and oxygen atoms in total. The number of carbonyl (C=O) groups excluding carboxylic acids is 1. The topological polar surface area (TPSA) is 104 Å². The number of ether oxygens (including phenoxy) is 1. The molecule has 36 heavy (non-hydrogen) atoms. The second-order valence-electron chi connectivity index (χ2n) is 9.59. The summed E-state index contributed by atoms with van der Waals surface area (Å²) in [7, 11) is 4.03. The Bertz CT molecular complexity index is 977. The number of likely N-dealkylation sites (tertiary alicyclic amines) is 1. The molecule has 0 spiro atoms. The van der Waals surface area contributed by atoms with E-state index >= 15 is 0 Å². The van der Waals surface area contributed by atoms with E-state index in [4.69, 9.17) is 15.5 Å². The van der Waals surface area contributed by atoms with Crippen molar-refractivity contribution in [2.45, 2.75) is 37.6 Å². The average Bonchev–Trinajstić information content (AvgIpc) is 2.86. The number of aliphatic imine (C=N–C) groups is 1. The van der Waals surface area contributed by atoms with Gasteiger partial charge in [0.15, 0.2) is 0 Å². The summed E-state index contributed by atoms with van der Waals surface area (Å²) in [5.74, 6) is 5.58. The van der Waals surface area contributed by atoms with Crippen molar-refractivity contribution in [3.63, 3.8) is 0 Å². The number of piperidine rings is 1. The Labute approximate surface area is 217 Å². The zero-order chi connectivity index (χ0) is 26.4. The first kappa shape index (κ1) is 28.3. The Balaban J connectivity index is 1.57. The highest BCUT2D eigenvalue weighted by Gasteiger charge is 2.30. The minimum Gasteiger partial charge on any atom is -0.497 e. The summed E-state index contributed by atoms with van der Waals surface area (Å²) in [6.07, 6.45) is 2.32. The number of carbonyl (C=O) groups is 1. The molecule has 1 aromatic rings. The van der Waals surface area contributed by atoms with Crippen molar-refractivity contribution in [1.29, 1.82) is 0 Å². The molecule has 2 N–H and O–H groups in total. The predicted molar refractivity (Wildman–Crippen MR) is 142 cm³/mol. The Kier molecular flexibility index (Phi) is 10.0. The van der Waals surface area contributed by atoms with Crippen LogP contribution in [0.25, 0.3) is 0 Å². The van der Waals surface area contributed by atoms with E-state index in [-0.39, 0.29) is 18.3 Å². The summed E-state index contributed by atoms with van der Waals surface area (Å²) in [4.78, 5) is 29.4. The lowest BCUT2D eigenvalue weighted by atomic mass is 10.0. The molecule has 2 saturated heterocycles. The monoisotopic (exact) mass is 520 g/mol. The number of methoxy groups -OCH3 is 1. The number of likely N-dealkylation sites (N-methyl/N-ethyl adjacent to an activating group) is 1. The van der Waals surface area contributed by atoms with Crippen LogP contribution in [0.15, 0.2) is 34.3 Å². The summed E-state index contributed by atoms with van der Waals surface area (Å²) < 4.78 is 20.1. The lowest BCUT2D eigenvalue weighted by Gasteiger charge is -2.42. The quantitative estimate of drug-likeness (QED) is 0.328. The summed E-state index contributed by atoms with van der Waals surface area (Å²) in [6, 6.07) is 4.28. The number of amides is 1. The van der Waals surface area contributed by atoms with Gasteiger partial charge in [-0.25, -0.2) is 13.5 Å². The molecule has 0 radical (unpaired) electrons. The zero-order valence-corrected chi connectivity index (χ0v) is 23.0. The fourth-order valence-electron chi connectivity index (χ4n) is 4.86. The van der Waals surface area contributed by atoms with Gasteiger partial charge in [-0.1, -0.05) is 6.58 Å². The molecular formula is C25H40N6O4S. The molecule has 0 saturated carbocycles. The van der Waals surface area contributed by atoms with Gasteiger partial charge in [-0.15, -0.1) is 0 Å². The number of hydrogen-bond donors (Lipinski definition) is 1. The molecule has 2 fully saturated rings. The minimum absolute atomic E-state index is 0.168. The van der Waals surface area contributed by atoms with E-state index in [0.29, 0.717) is 29.7 Å². The SMILES string of the molecule is C=C(CN(C)S(=O)c1c(C)cc(OC)cc1C)N=C(ON)C(=O)N1CCN(C2CCN(C)CC2)CC1. The van der Waals surface area contributed by atoms with Gasteiger partial charge in [0, 0.05) is 39.3 Å². The number of benzene rings is 1. The zero-order valence-electron chi connectivity index (χ0n) is 22.2. The van der Waals surface area contributed by atoms with Crippen LogP contribution >= 0.6 is 0 Å². The molecule has 2 aliphatic heterocycles. The Hall–Kier alpha value is -2.31. The van der Waals surface area contributed by atoms with Gasteiger partial charge in [0.1, 0.15) is 16.7 Å². The number of piperazine rings is 1. The maximum absolute atomic E-state index is 13.2. The fraction of sp³-hybridized carbons (Fsp3) is 0.600. The molecule has 1 unspecified atom stereocenters. The largest absolute Gasteiger partial charge is 0.497 e. The van der Waals surface area contributed by atoms with Crippen molar-refractivity contribution in [3.8, 4) is 5.75 Å². The van der Waals surface area contributed by atoms with Gasteiger partial charge in [-0.05, 0) is 70.1 Å². The van der Waals surface area contributed by atoms with Crippen LogP contribution in [0.4, 0.5) is 0 Å².